The molecule has 2 aromatic carbocycles. The lowest BCUT2D eigenvalue weighted by Gasteiger charge is -2.24. The maximum atomic E-state index is 13.3. The van der Waals surface area contributed by atoms with E-state index in [1.54, 1.807) is 4.90 Å². The van der Waals surface area contributed by atoms with Gasteiger partial charge in [-0.05, 0) is 11.1 Å². The molecule has 3 rings (SSSR count). The molecule has 2 N–H and O–H groups in total. The van der Waals surface area contributed by atoms with Crippen molar-refractivity contribution in [2.45, 2.75) is 12.0 Å². The molecule has 1 aliphatic rings. The highest BCUT2D eigenvalue weighted by molar-refractivity contribution is 5.88. The summed E-state index contributed by atoms with van der Waals surface area (Å²) in [6.45, 7) is 0.650. The lowest BCUT2D eigenvalue weighted by molar-refractivity contribution is -0.145. The molecule has 1 saturated heterocycles. The van der Waals surface area contributed by atoms with E-state index in [1.807, 2.05) is 60.7 Å². The van der Waals surface area contributed by atoms with E-state index >= 15 is 0 Å². The van der Waals surface area contributed by atoms with Crippen LogP contribution in [0.2, 0.25) is 0 Å². The summed E-state index contributed by atoms with van der Waals surface area (Å²) in [5, 5.41) is 0. The molecule has 0 aliphatic carbocycles. The van der Waals surface area contributed by atoms with Crippen molar-refractivity contribution in [1.82, 2.24) is 4.90 Å². The topological polar surface area (TPSA) is 72.6 Å². The molecule has 1 fully saturated rings. The van der Waals surface area contributed by atoms with Crippen LogP contribution < -0.4 is 5.73 Å². The molecule has 1 heterocycles. The SMILES string of the molecule is COC(=O)[C@H]1CN(C(=O)C(c2ccccc2)c2ccccc2)C[C@@H]1N. The Balaban J connectivity index is 1.90. The Hall–Kier alpha value is -2.66. The second-order valence-corrected chi connectivity index (χ2v) is 6.29. The van der Waals surface area contributed by atoms with Crippen molar-refractivity contribution in [3.8, 4) is 0 Å². The minimum atomic E-state index is -0.471. The number of esters is 1. The van der Waals surface area contributed by atoms with Gasteiger partial charge in [0, 0.05) is 19.1 Å². The van der Waals surface area contributed by atoms with E-state index < -0.39 is 17.9 Å². The molecule has 0 radical (unpaired) electrons. The zero-order valence-corrected chi connectivity index (χ0v) is 14.2. The predicted octanol–water partition coefficient (Wildman–Crippen LogP) is 1.78. The number of methoxy groups -OCH3 is 1. The molecule has 25 heavy (non-hydrogen) atoms. The van der Waals surface area contributed by atoms with Gasteiger partial charge in [-0.2, -0.15) is 0 Å². The molecule has 5 heteroatoms. The summed E-state index contributed by atoms with van der Waals surface area (Å²) in [6.07, 6.45) is 0. The summed E-state index contributed by atoms with van der Waals surface area (Å²) in [5.74, 6) is -1.29. The van der Waals surface area contributed by atoms with Crippen molar-refractivity contribution >= 4 is 11.9 Å². The van der Waals surface area contributed by atoms with Crippen LogP contribution in [0.15, 0.2) is 60.7 Å². The Morgan fingerprint density at radius 2 is 1.52 bits per heavy atom. The second-order valence-electron chi connectivity index (χ2n) is 6.29. The number of carbonyl (C=O) groups is 2. The third-order valence-corrected chi connectivity index (χ3v) is 4.69. The maximum absolute atomic E-state index is 13.3. The summed E-state index contributed by atoms with van der Waals surface area (Å²) in [4.78, 5) is 26.8. The molecule has 1 amide bonds. The fraction of sp³-hybridized carbons (Fsp3) is 0.300. The lowest BCUT2D eigenvalue weighted by Crippen LogP contribution is -2.36. The van der Waals surface area contributed by atoms with Gasteiger partial charge in [0.2, 0.25) is 5.91 Å². The summed E-state index contributed by atoms with van der Waals surface area (Å²) in [6, 6.07) is 18.9. The molecule has 0 bridgehead atoms. The van der Waals surface area contributed by atoms with Crippen molar-refractivity contribution < 1.29 is 14.3 Å². The molecule has 2 atom stereocenters. The number of carbonyl (C=O) groups excluding carboxylic acids is 2. The van der Waals surface area contributed by atoms with Gasteiger partial charge in [0.1, 0.15) is 0 Å². The number of likely N-dealkylation sites (tertiary alicyclic amines) is 1. The fourth-order valence-electron chi connectivity index (χ4n) is 3.36. The van der Waals surface area contributed by atoms with Gasteiger partial charge in [-0.3, -0.25) is 9.59 Å². The second kappa shape index (κ2) is 7.49. The van der Waals surface area contributed by atoms with Gasteiger partial charge >= 0.3 is 5.97 Å². The summed E-state index contributed by atoms with van der Waals surface area (Å²) in [7, 11) is 1.34. The van der Waals surface area contributed by atoms with E-state index in [0.717, 1.165) is 11.1 Å². The highest BCUT2D eigenvalue weighted by atomic mass is 16.5. The first-order chi connectivity index (χ1) is 12.1. The summed E-state index contributed by atoms with van der Waals surface area (Å²) >= 11 is 0. The van der Waals surface area contributed by atoms with Gasteiger partial charge in [-0.1, -0.05) is 60.7 Å². The molecule has 0 saturated carbocycles. The van der Waals surface area contributed by atoms with Crippen LogP contribution in [0.1, 0.15) is 17.0 Å². The predicted molar refractivity (Wildman–Crippen MR) is 94.8 cm³/mol. The number of amides is 1. The fourth-order valence-corrected chi connectivity index (χ4v) is 3.36. The molecule has 1 aliphatic heterocycles. The number of benzene rings is 2. The Kier molecular flexibility index (Phi) is 5.14. The Morgan fingerprint density at radius 3 is 2.00 bits per heavy atom. The van der Waals surface area contributed by atoms with Crippen LogP contribution >= 0.6 is 0 Å². The van der Waals surface area contributed by atoms with Crippen LogP contribution in [0.3, 0.4) is 0 Å². The molecule has 2 aromatic rings. The average molecular weight is 338 g/mol. The Morgan fingerprint density at radius 1 is 1.00 bits per heavy atom. The van der Waals surface area contributed by atoms with Gasteiger partial charge < -0.3 is 15.4 Å². The Bertz CT molecular complexity index is 694. The maximum Gasteiger partial charge on any atom is 0.312 e. The first-order valence-electron chi connectivity index (χ1n) is 8.34. The van der Waals surface area contributed by atoms with Crippen molar-refractivity contribution in [3.63, 3.8) is 0 Å². The molecule has 5 nitrogen and oxygen atoms in total. The standard InChI is InChI=1S/C20H22N2O3/c1-25-20(24)16-12-22(13-17(16)21)19(23)18(14-8-4-2-5-9-14)15-10-6-3-7-11-15/h2-11,16-18H,12-13,21H2,1H3/t16-,17-/m0/s1. The van der Waals surface area contributed by atoms with Gasteiger partial charge in [0.05, 0.1) is 18.9 Å². The van der Waals surface area contributed by atoms with Crippen LogP contribution in [-0.2, 0) is 14.3 Å². The van der Waals surface area contributed by atoms with Crippen molar-refractivity contribution in [1.29, 1.82) is 0 Å². The zero-order valence-electron chi connectivity index (χ0n) is 14.2. The average Bonchev–Trinajstić information content (AvgIpc) is 3.05. The molecular formula is C20H22N2O3. The highest BCUT2D eigenvalue weighted by Crippen LogP contribution is 2.29. The lowest BCUT2D eigenvalue weighted by atomic mass is 9.90. The normalized spacial score (nSPS) is 19.9. The van der Waals surface area contributed by atoms with E-state index in [0.29, 0.717) is 13.1 Å². The van der Waals surface area contributed by atoms with Crippen molar-refractivity contribution in [2.75, 3.05) is 20.2 Å². The number of ether oxygens (including phenoxy) is 1. The quantitative estimate of drug-likeness (QED) is 0.863. The van der Waals surface area contributed by atoms with E-state index in [2.05, 4.69) is 0 Å². The molecular weight excluding hydrogens is 316 g/mol. The van der Waals surface area contributed by atoms with Crippen LogP contribution in [0.25, 0.3) is 0 Å². The minimum Gasteiger partial charge on any atom is -0.469 e. The summed E-state index contributed by atoms with van der Waals surface area (Å²) < 4.78 is 4.81. The smallest absolute Gasteiger partial charge is 0.312 e. The van der Waals surface area contributed by atoms with E-state index in [4.69, 9.17) is 10.5 Å². The number of rotatable bonds is 4. The van der Waals surface area contributed by atoms with E-state index in [1.165, 1.54) is 7.11 Å². The third kappa shape index (κ3) is 3.56. The van der Waals surface area contributed by atoms with Crippen LogP contribution in [0.5, 0.6) is 0 Å². The van der Waals surface area contributed by atoms with Crippen molar-refractivity contribution in [2.24, 2.45) is 11.7 Å². The number of hydrogen-bond acceptors (Lipinski definition) is 4. The van der Waals surface area contributed by atoms with Crippen molar-refractivity contribution in [3.05, 3.63) is 71.8 Å². The minimum absolute atomic E-state index is 0.0424. The molecule has 0 unspecified atom stereocenters. The monoisotopic (exact) mass is 338 g/mol. The molecule has 130 valence electrons. The zero-order chi connectivity index (χ0) is 17.8. The van der Waals surface area contributed by atoms with Crippen LogP contribution in [0.4, 0.5) is 0 Å². The van der Waals surface area contributed by atoms with E-state index in [-0.39, 0.29) is 11.9 Å². The Labute approximate surface area is 147 Å². The number of nitrogens with two attached hydrogens (primary N) is 1. The van der Waals surface area contributed by atoms with Gasteiger partial charge in [0.25, 0.3) is 0 Å². The van der Waals surface area contributed by atoms with Crippen LogP contribution in [0, 0.1) is 5.92 Å². The third-order valence-electron chi connectivity index (χ3n) is 4.69. The molecule has 0 aromatic heterocycles. The first-order valence-corrected chi connectivity index (χ1v) is 8.34. The van der Waals surface area contributed by atoms with Crippen LogP contribution in [-0.4, -0.2) is 43.0 Å². The van der Waals surface area contributed by atoms with Gasteiger partial charge in [-0.25, -0.2) is 0 Å². The number of nitrogens with zero attached hydrogens (tertiary/aromatic N) is 1. The largest absolute Gasteiger partial charge is 0.469 e. The first kappa shape index (κ1) is 17.2. The van der Waals surface area contributed by atoms with Gasteiger partial charge in [0.15, 0.2) is 0 Å². The van der Waals surface area contributed by atoms with Gasteiger partial charge in [-0.15, -0.1) is 0 Å². The van der Waals surface area contributed by atoms with E-state index in [9.17, 15) is 9.59 Å². The number of hydrogen-bond donors (Lipinski definition) is 1. The summed E-state index contributed by atoms with van der Waals surface area (Å²) in [5.41, 5.74) is 7.92. The highest BCUT2D eigenvalue weighted by Gasteiger charge is 2.40. The molecule has 0 spiro atoms.